The summed E-state index contributed by atoms with van der Waals surface area (Å²) in [5, 5.41) is 0. The van der Waals surface area contributed by atoms with Gasteiger partial charge in [0.25, 0.3) is 0 Å². The molecular weight excluding hydrogens is 439 g/mol. The summed E-state index contributed by atoms with van der Waals surface area (Å²) < 4.78 is 12.6. The molecule has 0 aromatic heterocycles. The molecule has 0 aliphatic heterocycles. The van der Waals surface area contributed by atoms with E-state index in [-0.39, 0.29) is 10.8 Å². The van der Waals surface area contributed by atoms with E-state index in [1.54, 1.807) is 0 Å². The molecule has 0 unspecified atom stereocenters. The highest BCUT2D eigenvalue weighted by Gasteiger charge is 2.46. The van der Waals surface area contributed by atoms with Crippen LogP contribution < -0.4 is 0 Å². The summed E-state index contributed by atoms with van der Waals surface area (Å²) in [5.74, 6) is 4.80. The van der Waals surface area contributed by atoms with Gasteiger partial charge in [0.05, 0.1) is 0 Å². The lowest BCUT2D eigenvalue weighted by molar-refractivity contribution is 0.230. The zero-order valence-corrected chi connectivity index (χ0v) is 26.0. The van der Waals surface area contributed by atoms with Crippen LogP contribution in [-0.2, 0) is 0 Å². The molecule has 0 atom stereocenters. The molecule has 0 heterocycles. The molecule has 0 nitrogen and oxygen atoms in total. The maximum absolute atomic E-state index is 12.6. The molecule has 204 valence electrons. The molecule has 0 spiro atoms. The molecule has 0 aromatic carbocycles. The maximum Gasteiger partial charge on any atom is 0.113 e. The molecule has 2 heteroatoms. The Balaban J connectivity index is 0.000000213. The van der Waals surface area contributed by atoms with Gasteiger partial charge in [-0.15, -0.1) is 11.6 Å². The highest BCUT2D eigenvalue weighted by Crippen LogP contribution is 2.51. The van der Waals surface area contributed by atoms with Crippen molar-refractivity contribution >= 4 is 11.6 Å². The van der Waals surface area contributed by atoms with Crippen molar-refractivity contribution in [1.82, 2.24) is 0 Å². The highest BCUT2D eigenvalue weighted by molar-refractivity contribution is 6.26. The molecule has 5 aliphatic rings. The molecule has 5 fully saturated rings. The molecule has 0 saturated heterocycles. The average Bonchev–Trinajstić information content (AvgIpc) is 3.57. The van der Waals surface area contributed by atoms with Crippen LogP contribution in [0.1, 0.15) is 147 Å². The van der Waals surface area contributed by atoms with E-state index in [0.717, 1.165) is 47.3 Å². The Morgan fingerprint density at radius 2 is 0.912 bits per heavy atom. The van der Waals surface area contributed by atoms with Crippen molar-refractivity contribution in [3.8, 4) is 0 Å². The lowest BCUT2D eigenvalue weighted by Crippen LogP contribution is -2.08. The van der Waals surface area contributed by atoms with Crippen LogP contribution in [0.5, 0.6) is 0 Å². The third kappa shape index (κ3) is 12.0. The first kappa shape index (κ1) is 32.2. The lowest BCUT2D eigenvalue weighted by atomic mass is 9.95. The summed E-state index contributed by atoms with van der Waals surface area (Å²) in [7, 11) is 0. The van der Waals surface area contributed by atoms with Crippen molar-refractivity contribution in [2.24, 2.45) is 46.3 Å². The first-order chi connectivity index (χ1) is 15.4. The van der Waals surface area contributed by atoms with Gasteiger partial charge in [0.2, 0.25) is 0 Å². The molecule has 34 heavy (non-hydrogen) atoms. The van der Waals surface area contributed by atoms with Gasteiger partial charge in [0.1, 0.15) is 5.67 Å². The molecule has 0 bridgehead atoms. The second-order valence-electron chi connectivity index (χ2n) is 14.6. The van der Waals surface area contributed by atoms with E-state index >= 15 is 0 Å². The van der Waals surface area contributed by atoms with Crippen molar-refractivity contribution < 1.29 is 4.39 Å². The van der Waals surface area contributed by atoms with Crippen molar-refractivity contribution in [3.05, 3.63) is 0 Å². The SMILES string of the molecule is CC(C)C1(C)CC1.CC(C)C1(C)CC1.CC(C)C1(Cl)CC1.CC(C)C1(F)CC1.CC(C)C1CC1. The normalized spacial score (nSPS) is 25.1. The molecular formula is C32H62ClF. The van der Waals surface area contributed by atoms with Gasteiger partial charge in [-0.2, -0.15) is 0 Å². The smallest absolute Gasteiger partial charge is 0.113 e. The van der Waals surface area contributed by atoms with Crippen LogP contribution in [0.15, 0.2) is 0 Å². The van der Waals surface area contributed by atoms with Crippen molar-refractivity contribution in [3.63, 3.8) is 0 Å². The van der Waals surface area contributed by atoms with E-state index in [4.69, 9.17) is 11.6 Å². The zero-order chi connectivity index (χ0) is 26.5. The van der Waals surface area contributed by atoms with Gasteiger partial charge in [0, 0.05) is 4.87 Å². The first-order valence-corrected chi connectivity index (χ1v) is 15.2. The summed E-state index contributed by atoms with van der Waals surface area (Å²) in [5.41, 5.74) is 0.750. The van der Waals surface area contributed by atoms with Crippen LogP contribution >= 0.6 is 11.6 Å². The van der Waals surface area contributed by atoms with Crippen molar-refractivity contribution in [2.45, 2.75) is 158 Å². The number of hydrogen-bond donors (Lipinski definition) is 0. The summed E-state index contributed by atoms with van der Waals surface area (Å²) in [6.07, 6.45) is 12.9. The van der Waals surface area contributed by atoms with Gasteiger partial charge >= 0.3 is 0 Å². The second kappa shape index (κ2) is 12.6. The number of alkyl halides is 2. The van der Waals surface area contributed by atoms with Gasteiger partial charge in [-0.3, -0.25) is 0 Å². The van der Waals surface area contributed by atoms with E-state index < -0.39 is 5.67 Å². The molecule has 0 amide bonds. The Bertz CT molecular complexity index is 480. The third-order valence-corrected chi connectivity index (χ3v) is 10.8. The van der Waals surface area contributed by atoms with Gasteiger partial charge in [-0.1, -0.05) is 83.1 Å². The van der Waals surface area contributed by atoms with E-state index in [9.17, 15) is 4.39 Å². The molecule has 0 aromatic rings. The van der Waals surface area contributed by atoms with E-state index in [1.807, 2.05) is 13.8 Å². The summed E-state index contributed by atoms with van der Waals surface area (Å²) >= 11 is 5.98. The van der Waals surface area contributed by atoms with E-state index in [1.165, 1.54) is 51.4 Å². The zero-order valence-electron chi connectivity index (χ0n) is 25.3. The minimum atomic E-state index is -0.750. The second-order valence-corrected chi connectivity index (χ2v) is 15.3. The fourth-order valence-corrected chi connectivity index (χ4v) is 3.80. The van der Waals surface area contributed by atoms with Crippen LogP contribution in [0.2, 0.25) is 0 Å². The third-order valence-electron chi connectivity index (χ3n) is 9.95. The Morgan fingerprint density at radius 3 is 0.912 bits per heavy atom. The number of rotatable bonds is 5. The largest absolute Gasteiger partial charge is 0.244 e. The van der Waals surface area contributed by atoms with Crippen molar-refractivity contribution in [1.29, 1.82) is 0 Å². The Kier molecular flexibility index (Phi) is 12.0. The van der Waals surface area contributed by atoms with Crippen LogP contribution in [0.25, 0.3) is 0 Å². The predicted octanol–water partition coefficient (Wildman–Crippen LogP) is 11.5. The monoisotopic (exact) mass is 500 g/mol. The topological polar surface area (TPSA) is 0 Å². The fraction of sp³-hybridized carbons (Fsp3) is 1.00. The van der Waals surface area contributed by atoms with Gasteiger partial charge < -0.3 is 0 Å². The Hall–Kier alpha value is 0.220. The minimum absolute atomic E-state index is 0.222. The van der Waals surface area contributed by atoms with Gasteiger partial charge in [0.15, 0.2) is 0 Å². The standard InChI is InChI=1S/2C7H14.C6H11Cl.C6H11F.C6H12/c2*1-6(2)7(3)4-5-7;2*1-5(2)6(7)3-4-6;1-5(2)6-3-4-6/h2*6H,4-5H2,1-3H3;2*5H,3-4H2,1-2H3;5-6H,3-4H2,1-2H3. The quantitative estimate of drug-likeness (QED) is 0.329. The van der Waals surface area contributed by atoms with Crippen LogP contribution in [0, 0.1) is 46.3 Å². The summed E-state index contributed by atoms with van der Waals surface area (Å²) in [4.78, 5) is 0.222. The Labute approximate surface area is 220 Å². The molecule has 5 rings (SSSR count). The molecule has 0 radical (unpaired) electrons. The highest BCUT2D eigenvalue weighted by atomic mass is 35.5. The predicted molar refractivity (Wildman–Crippen MR) is 152 cm³/mol. The van der Waals surface area contributed by atoms with Crippen molar-refractivity contribution in [2.75, 3.05) is 0 Å². The average molecular weight is 501 g/mol. The van der Waals surface area contributed by atoms with E-state index in [0.29, 0.717) is 5.92 Å². The summed E-state index contributed by atoms with van der Waals surface area (Å²) in [6, 6.07) is 0. The maximum atomic E-state index is 12.6. The fourth-order valence-electron chi connectivity index (χ4n) is 3.71. The summed E-state index contributed by atoms with van der Waals surface area (Å²) in [6.45, 7) is 26.8. The van der Waals surface area contributed by atoms with Gasteiger partial charge in [-0.05, 0) is 111 Å². The number of hydrogen-bond acceptors (Lipinski definition) is 0. The molecule has 5 aliphatic carbocycles. The van der Waals surface area contributed by atoms with Gasteiger partial charge in [-0.25, -0.2) is 4.39 Å². The first-order valence-electron chi connectivity index (χ1n) is 14.8. The van der Waals surface area contributed by atoms with E-state index in [2.05, 4.69) is 69.2 Å². The molecule has 5 saturated carbocycles. The molecule has 0 N–H and O–H groups in total. The lowest BCUT2D eigenvalue weighted by Gasteiger charge is -2.10. The Morgan fingerprint density at radius 1 is 0.559 bits per heavy atom. The number of halogens is 2. The minimum Gasteiger partial charge on any atom is -0.244 e. The van der Waals surface area contributed by atoms with Crippen LogP contribution in [0.3, 0.4) is 0 Å². The van der Waals surface area contributed by atoms with Crippen LogP contribution in [0.4, 0.5) is 4.39 Å². The van der Waals surface area contributed by atoms with Crippen LogP contribution in [-0.4, -0.2) is 10.5 Å².